The lowest BCUT2D eigenvalue weighted by molar-refractivity contribution is -0.140. The van der Waals surface area contributed by atoms with Gasteiger partial charge in [0.25, 0.3) is 0 Å². The molecule has 0 aliphatic heterocycles. The van der Waals surface area contributed by atoms with Crippen molar-refractivity contribution in [1.82, 2.24) is 10.2 Å². The fourth-order valence-electron chi connectivity index (χ4n) is 4.92. The van der Waals surface area contributed by atoms with Crippen LogP contribution in [-0.4, -0.2) is 50.0 Å². The maximum atomic E-state index is 14.0. The van der Waals surface area contributed by atoms with Crippen molar-refractivity contribution in [3.05, 3.63) is 101 Å². The third-order valence-electron chi connectivity index (χ3n) is 6.96. The van der Waals surface area contributed by atoms with Crippen molar-refractivity contribution in [2.45, 2.75) is 50.7 Å². The first kappa shape index (κ1) is 28.6. The van der Waals surface area contributed by atoms with Crippen LogP contribution in [0.1, 0.15) is 36.8 Å². The van der Waals surface area contributed by atoms with Crippen LogP contribution in [-0.2, 0) is 32.6 Å². The highest BCUT2D eigenvalue weighted by molar-refractivity contribution is 7.92. The molecule has 9 heteroatoms. The Morgan fingerprint density at radius 1 is 0.897 bits per heavy atom. The predicted molar refractivity (Wildman–Crippen MR) is 155 cm³/mol. The summed E-state index contributed by atoms with van der Waals surface area (Å²) >= 11 is 6.01. The quantitative estimate of drug-likeness (QED) is 0.360. The second kappa shape index (κ2) is 13.1. The number of hydrogen-bond donors (Lipinski definition) is 1. The van der Waals surface area contributed by atoms with Gasteiger partial charge < -0.3 is 10.2 Å². The van der Waals surface area contributed by atoms with Gasteiger partial charge >= 0.3 is 0 Å². The zero-order chi connectivity index (χ0) is 27.8. The van der Waals surface area contributed by atoms with Crippen molar-refractivity contribution in [3.63, 3.8) is 0 Å². The van der Waals surface area contributed by atoms with Gasteiger partial charge in [0.15, 0.2) is 0 Å². The molecule has 0 bridgehead atoms. The summed E-state index contributed by atoms with van der Waals surface area (Å²) in [4.78, 5) is 29.3. The van der Waals surface area contributed by atoms with E-state index in [9.17, 15) is 18.0 Å². The Labute approximate surface area is 235 Å². The molecule has 1 fully saturated rings. The Bertz CT molecular complexity index is 1350. The molecule has 3 aromatic carbocycles. The highest BCUT2D eigenvalue weighted by Crippen LogP contribution is 2.23. The summed E-state index contributed by atoms with van der Waals surface area (Å²) in [5.41, 5.74) is 2.08. The molecule has 3 aromatic rings. The van der Waals surface area contributed by atoms with Gasteiger partial charge in [-0.3, -0.25) is 13.9 Å². The van der Waals surface area contributed by atoms with Crippen LogP contribution in [0.15, 0.2) is 84.9 Å². The number of benzene rings is 3. The van der Waals surface area contributed by atoms with E-state index in [0.29, 0.717) is 17.1 Å². The molecule has 0 spiro atoms. The van der Waals surface area contributed by atoms with Crippen LogP contribution in [0.5, 0.6) is 0 Å². The summed E-state index contributed by atoms with van der Waals surface area (Å²) in [5.74, 6) is -0.700. The minimum Gasteiger partial charge on any atom is -0.352 e. The largest absolute Gasteiger partial charge is 0.352 e. The Hall–Kier alpha value is -3.36. The maximum Gasteiger partial charge on any atom is 0.244 e. The highest BCUT2D eigenvalue weighted by atomic mass is 35.5. The molecule has 0 heterocycles. The van der Waals surface area contributed by atoms with Crippen molar-refractivity contribution >= 4 is 39.1 Å². The first-order valence-electron chi connectivity index (χ1n) is 13.1. The number of halogens is 1. The lowest BCUT2D eigenvalue weighted by Crippen LogP contribution is -2.54. The van der Waals surface area contributed by atoms with Crippen LogP contribution in [0, 0.1) is 0 Å². The molecular weight excluding hydrogens is 534 g/mol. The Balaban J connectivity index is 1.70. The molecule has 2 amide bonds. The van der Waals surface area contributed by atoms with Gasteiger partial charge in [-0.15, -0.1) is 0 Å². The predicted octanol–water partition coefficient (Wildman–Crippen LogP) is 4.80. The van der Waals surface area contributed by atoms with Gasteiger partial charge in [0.1, 0.15) is 12.6 Å². The summed E-state index contributed by atoms with van der Waals surface area (Å²) in [5, 5.41) is 3.62. The lowest BCUT2D eigenvalue weighted by Gasteiger charge is -2.34. The molecule has 206 valence electrons. The Morgan fingerprint density at radius 3 is 2.03 bits per heavy atom. The molecule has 1 aliphatic rings. The number of anilines is 1. The molecule has 39 heavy (non-hydrogen) atoms. The molecule has 0 aromatic heterocycles. The summed E-state index contributed by atoms with van der Waals surface area (Å²) in [6, 6.07) is 24.5. The first-order valence-corrected chi connectivity index (χ1v) is 15.3. The smallest absolute Gasteiger partial charge is 0.244 e. The molecule has 1 saturated carbocycles. The van der Waals surface area contributed by atoms with Gasteiger partial charge in [-0.2, -0.15) is 0 Å². The standard InChI is InChI=1S/C30H34ClN3O4S/c1-39(37,38)34(27-18-16-25(31)17-19-27)22-29(35)33(21-24-12-6-3-7-13-24)28(20-23-10-4-2-5-11-23)30(36)32-26-14-8-9-15-26/h2-7,10-13,16-19,26,28H,8-9,14-15,20-22H2,1H3,(H,32,36)/t28-/m0/s1. The third-order valence-corrected chi connectivity index (χ3v) is 8.35. The molecule has 1 atom stereocenters. The molecule has 1 aliphatic carbocycles. The highest BCUT2D eigenvalue weighted by Gasteiger charge is 2.34. The fourth-order valence-corrected chi connectivity index (χ4v) is 5.90. The summed E-state index contributed by atoms with van der Waals surface area (Å²) in [6.45, 7) is -0.289. The zero-order valence-electron chi connectivity index (χ0n) is 22.0. The van der Waals surface area contributed by atoms with E-state index in [1.165, 1.54) is 4.90 Å². The number of rotatable bonds is 11. The molecular formula is C30H34ClN3O4S. The van der Waals surface area contributed by atoms with E-state index in [0.717, 1.165) is 47.4 Å². The number of hydrogen-bond acceptors (Lipinski definition) is 4. The molecule has 1 N–H and O–H groups in total. The van der Waals surface area contributed by atoms with Crippen LogP contribution in [0.2, 0.25) is 5.02 Å². The summed E-state index contributed by atoms with van der Waals surface area (Å²) < 4.78 is 26.7. The van der Waals surface area contributed by atoms with Gasteiger partial charge in [-0.1, -0.05) is 85.1 Å². The topological polar surface area (TPSA) is 86.8 Å². The van der Waals surface area contributed by atoms with E-state index >= 15 is 0 Å². The molecule has 0 unspecified atom stereocenters. The minimum absolute atomic E-state index is 0.0750. The van der Waals surface area contributed by atoms with Crippen molar-refractivity contribution in [2.24, 2.45) is 0 Å². The Kier molecular flexibility index (Phi) is 9.64. The van der Waals surface area contributed by atoms with Gasteiger partial charge in [0, 0.05) is 24.0 Å². The number of nitrogens with zero attached hydrogens (tertiary/aromatic N) is 2. The van der Waals surface area contributed by atoms with Gasteiger partial charge in [0.05, 0.1) is 11.9 Å². The SMILES string of the molecule is CS(=O)(=O)N(CC(=O)N(Cc1ccccc1)[C@@H](Cc1ccccc1)C(=O)NC1CCCC1)c1ccc(Cl)cc1. The minimum atomic E-state index is -3.81. The lowest BCUT2D eigenvalue weighted by atomic mass is 10.0. The summed E-state index contributed by atoms with van der Waals surface area (Å²) in [6.07, 6.45) is 5.31. The van der Waals surface area contributed by atoms with Crippen molar-refractivity contribution in [1.29, 1.82) is 0 Å². The first-order chi connectivity index (χ1) is 18.7. The Morgan fingerprint density at radius 2 is 1.46 bits per heavy atom. The normalized spacial score (nSPS) is 14.5. The van der Waals surface area contributed by atoms with E-state index in [4.69, 9.17) is 11.6 Å². The number of sulfonamides is 1. The van der Waals surface area contributed by atoms with Crippen LogP contribution >= 0.6 is 11.6 Å². The fraction of sp³-hybridized carbons (Fsp3) is 0.333. The van der Waals surface area contributed by atoms with Crippen LogP contribution < -0.4 is 9.62 Å². The third kappa shape index (κ3) is 8.07. The zero-order valence-corrected chi connectivity index (χ0v) is 23.6. The van der Waals surface area contributed by atoms with E-state index in [-0.39, 0.29) is 18.5 Å². The number of carbonyl (C=O) groups is 2. The van der Waals surface area contributed by atoms with Crippen LogP contribution in [0.3, 0.4) is 0 Å². The molecule has 0 radical (unpaired) electrons. The van der Waals surface area contributed by atoms with Crippen LogP contribution in [0.4, 0.5) is 5.69 Å². The van der Waals surface area contributed by atoms with Crippen molar-refractivity contribution in [2.75, 3.05) is 17.1 Å². The van der Waals surface area contributed by atoms with E-state index < -0.39 is 28.5 Å². The van der Waals surface area contributed by atoms with Gasteiger partial charge in [-0.05, 0) is 48.2 Å². The van der Waals surface area contributed by atoms with E-state index in [1.54, 1.807) is 24.3 Å². The molecule has 7 nitrogen and oxygen atoms in total. The number of carbonyl (C=O) groups excluding carboxylic acids is 2. The number of amides is 2. The van der Waals surface area contributed by atoms with E-state index in [2.05, 4.69) is 5.32 Å². The van der Waals surface area contributed by atoms with Gasteiger partial charge in [0.2, 0.25) is 21.8 Å². The van der Waals surface area contributed by atoms with Crippen LogP contribution in [0.25, 0.3) is 0 Å². The second-order valence-electron chi connectivity index (χ2n) is 9.95. The average molecular weight is 568 g/mol. The second-order valence-corrected chi connectivity index (χ2v) is 12.3. The van der Waals surface area contributed by atoms with Crippen molar-refractivity contribution in [3.8, 4) is 0 Å². The average Bonchev–Trinajstić information content (AvgIpc) is 3.43. The van der Waals surface area contributed by atoms with E-state index in [1.807, 2.05) is 60.7 Å². The van der Waals surface area contributed by atoms with Crippen molar-refractivity contribution < 1.29 is 18.0 Å². The number of nitrogens with one attached hydrogen (secondary N) is 1. The maximum absolute atomic E-state index is 14.0. The molecule has 4 rings (SSSR count). The monoisotopic (exact) mass is 567 g/mol. The van der Waals surface area contributed by atoms with Gasteiger partial charge in [-0.25, -0.2) is 8.42 Å². The summed E-state index contributed by atoms with van der Waals surface area (Å²) in [7, 11) is -3.81. The molecule has 0 saturated heterocycles.